The number of carbonyl (C=O) groups is 2. The van der Waals surface area contributed by atoms with Crippen molar-refractivity contribution in [3.63, 3.8) is 0 Å². The maximum atomic E-state index is 13.2. The molecule has 3 rings (SSSR count). The van der Waals surface area contributed by atoms with Crippen molar-refractivity contribution in [2.75, 3.05) is 10.2 Å². The van der Waals surface area contributed by atoms with E-state index in [4.69, 9.17) is 0 Å². The number of urea groups is 1. The Morgan fingerprint density at radius 3 is 2.39 bits per heavy atom. The summed E-state index contributed by atoms with van der Waals surface area (Å²) in [4.78, 5) is 27.2. The lowest BCUT2D eigenvalue weighted by Gasteiger charge is -2.16. The van der Waals surface area contributed by atoms with Gasteiger partial charge in [-0.05, 0) is 36.8 Å². The molecule has 0 radical (unpaired) electrons. The molecule has 164 valence electrons. The van der Waals surface area contributed by atoms with Gasteiger partial charge in [-0.1, -0.05) is 79.6 Å². The van der Waals surface area contributed by atoms with Gasteiger partial charge in [-0.3, -0.25) is 4.79 Å². The zero-order chi connectivity index (χ0) is 22.2. The molecule has 1 aliphatic heterocycles. The van der Waals surface area contributed by atoms with Crippen LogP contribution in [0.2, 0.25) is 0 Å². The summed E-state index contributed by atoms with van der Waals surface area (Å²) >= 11 is 3.43. The first-order valence-electron chi connectivity index (χ1n) is 11.0. The van der Waals surface area contributed by atoms with Gasteiger partial charge in [-0.15, -0.1) is 0 Å². The highest BCUT2D eigenvalue weighted by atomic mass is 79.9. The van der Waals surface area contributed by atoms with Gasteiger partial charge in [0.15, 0.2) is 0 Å². The number of rotatable bonds is 9. The van der Waals surface area contributed by atoms with Crippen molar-refractivity contribution in [2.45, 2.75) is 58.3 Å². The molecule has 2 aromatic rings. The van der Waals surface area contributed by atoms with E-state index in [0.29, 0.717) is 23.4 Å². The largest absolute Gasteiger partial charge is 0.511 e. The number of carbonyl (C=O) groups excluding carboxylic acids is 2. The van der Waals surface area contributed by atoms with Crippen molar-refractivity contribution in [1.29, 1.82) is 0 Å². The topological polar surface area (TPSA) is 69.6 Å². The Bertz CT molecular complexity index is 956. The Labute approximate surface area is 192 Å². The summed E-state index contributed by atoms with van der Waals surface area (Å²) in [6.45, 7) is 2.20. The molecule has 0 aromatic heterocycles. The Hall–Kier alpha value is -2.60. The van der Waals surface area contributed by atoms with E-state index in [9.17, 15) is 14.7 Å². The predicted octanol–water partition coefficient (Wildman–Crippen LogP) is 7.44. The van der Waals surface area contributed by atoms with Crippen LogP contribution in [0.1, 0.15) is 63.9 Å². The molecular formula is C25H29BrN2O3. The number of nitrogens with one attached hydrogen (secondary N) is 1. The molecule has 0 spiro atoms. The second-order valence-corrected chi connectivity index (χ2v) is 8.71. The number of unbranched alkanes of at least 4 members (excludes halogenated alkanes) is 6. The number of allylic oxidation sites excluding steroid dienone is 1. The van der Waals surface area contributed by atoms with Crippen LogP contribution in [0.3, 0.4) is 0 Å². The van der Waals surface area contributed by atoms with E-state index < -0.39 is 11.9 Å². The van der Waals surface area contributed by atoms with Gasteiger partial charge in [0.1, 0.15) is 5.76 Å². The average Bonchev–Trinajstić information content (AvgIpc) is 3.04. The normalized spacial score (nSPS) is 14.5. The van der Waals surface area contributed by atoms with Gasteiger partial charge in [0.25, 0.3) is 5.91 Å². The molecule has 31 heavy (non-hydrogen) atoms. The third kappa shape index (κ3) is 5.76. The molecule has 0 saturated carbocycles. The van der Waals surface area contributed by atoms with Gasteiger partial charge in [0.05, 0.1) is 11.3 Å². The standard InChI is InChI=1S/C25H29BrN2O3/c1-2-3-4-5-6-7-11-14-22(29)23-20-17-18(26)15-16-21(20)28(24(23)30)25(31)27-19-12-9-8-10-13-19/h8-10,12-13,15-17,29H,2-7,11,14H2,1H3,(H,27,31). The van der Waals surface area contributed by atoms with E-state index in [2.05, 4.69) is 28.2 Å². The molecule has 1 aliphatic rings. The lowest BCUT2D eigenvalue weighted by molar-refractivity contribution is -0.112. The summed E-state index contributed by atoms with van der Waals surface area (Å²) < 4.78 is 0.783. The predicted molar refractivity (Wildman–Crippen MR) is 129 cm³/mol. The summed E-state index contributed by atoms with van der Waals surface area (Å²) in [7, 11) is 0. The van der Waals surface area contributed by atoms with Crippen LogP contribution in [0, 0.1) is 0 Å². The number of halogens is 1. The molecular weight excluding hydrogens is 456 g/mol. The SMILES string of the molecule is CCCCCCCCCC(O)=C1C(=O)N(C(=O)Nc2ccccc2)c2ccc(Br)cc21. The van der Waals surface area contributed by atoms with Crippen LogP contribution in [-0.4, -0.2) is 17.0 Å². The fourth-order valence-electron chi connectivity index (χ4n) is 3.80. The molecule has 0 unspecified atom stereocenters. The number of nitrogens with zero attached hydrogens (tertiary/aromatic N) is 1. The molecule has 5 nitrogen and oxygen atoms in total. The van der Waals surface area contributed by atoms with E-state index in [1.54, 1.807) is 30.3 Å². The molecule has 1 heterocycles. The van der Waals surface area contributed by atoms with Crippen LogP contribution in [-0.2, 0) is 4.79 Å². The van der Waals surface area contributed by atoms with Crippen LogP contribution in [0.15, 0.2) is 58.8 Å². The zero-order valence-electron chi connectivity index (χ0n) is 17.9. The van der Waals surface area contributed by atoms with Crippen molar-refractivity contribution in [3.8, 4) is 0 Å². The van der Waals surface area contributed by atoms with Crippen molar-refractivity contribution in [1.82, 2.24) is 0 Å². The Morgan fingerprint density at radius 1 is 1.00 bits per heavy atom. The van der Waals surface area contributed by atoms with E-state index in [1.165, 1.54) is 25.7 Å². The number of benzene rings is 2. The molecule has 0 atom stereocenters. The zero-order valence-corrected chi connectivity index (χ0v) is 19.5. The molecule has 2 N–H and O–H groups in total. The summed E-state index contributed by atoms with van der Waals surface area (Å²) in [5.74, 6) is -0.449. The van der Waals surface area contributed by atoms with Crippen molar-refractivity contribution < 1.29 is 14.7 Å². The maximum Gasteiger partial charge on any atom is 0.333 e. The number of amides is 3. The minimum Gasteiger partial charge on any atom is -0.511 e. The third-order valence-corrected chi connectivity index (χ3v) is 5.91. The molecule has 0 fully saturated rings. The lowest BCUT2D eigenvalue weighted by Crippen LogP contribution is -2.37. The Kier molecular flexibility index (Phi) is 8.29. The second kappa shape index (κ2) is 11.1. The minimum absolute atomic E-state index is 0.0490. The summed E-state index contributed by atoms with van der Waals surface area (Å²) in [6, 6.07) is 13.7. The fourth-order valence-corrected chi connectivity index (χ4v) is 4.16. The highest BCUT2D eigenvalue weighted by Gasteiger charge is 2.39. The third-order valence-electron chi connectivity index (χ3n) is 5.42. The second-order valence-electron chi connectivity index (χ2n) is 7.79. The van der Waals surface area contributed by atoms with E-state index in [1.807, 2.05) is 18.2 Å². The van der Waals surface area contributed by atoms with Gasteiger partial charge in [-0.25, -0.2) is 9.69 Å². The first-order chi connectivity index (χ1) is 15.0. The number of fused-ring (bicyclic) bond motifs is 1. The smallest absolute Gasteiger partial charge is 0.333 e. The van der Waals surface area contributed by atoms with Gasteiger partial charge in [-0.2, -0.15) is 0 Å². The Morgan fingerprint density at radius 2 is 1.68 bits per heavy atom. The quantitative estimate of drug-likeness (QED) is 0.220. The number of aliphatic hydroxyl groups is 1. The lowest BCUT2D eigenvalue weighted by atomic mass is 10.0. The van der Waals surface area contributed by atoms with Crippen LogP contribution < -0.4 is 10.2 Å². The van der Waals surface area contributed by atoms with Gasteiger partial charge in [0, 0.05) is 22.1 Å². The highest BCUT2D eigenvalue weighted by molar-refractivity contribution is 9.10. The van der Waals surface area contributed by atoms with E-state index in [0.717, 1.165) is 28.6 Å². The Balaban J connectivity index is 1.75. The number of hydrogen-bond donors (Lipinski definition) is 2. The average molecular weight is 485 g/mol. The van der Waals surface area contributed by atoms with Crippen LogP contribution >= 0.6 is 15.9 Å². The van der Waals surface area contributed by atoms with Crippen molar-refractivity contribution in [2.24, 2.45) is 0 Å². The highest BCUT2D eigenvalue weighted by Crippen LogP contribution is 2.40. The number of aliphatic hydroxyl groups excluding tert-OH is 1. The maximum absolute atomic E-state index is 13.2. The van der Waals surface area contributed by atoms with Crippen molar-refractivity contribution >= 4 is 44.8 Å². The summed E-state index contributed by atoms with van der Waals surface area (Å²) in [5, 5.41) is 13.5. The number of anilines is 2. The van der Waals surface area contributed by atoms with Gasteiger partial charge >= 0.3 is 6.03 Å². The first kappa shape index (κ1) is 23.1. The minimum atomic E-state index is -0.543. The van der Waals surface area contributed by atoms with E-state index in [-0.39, 0.29) is 11.3 Å². The number of hydrogen-bond acceptors (Lipinski definition) is 3. The molecule has 0 aliphatic carbocycles. The van der Waals surface area contributed by atoms with Crippen LogP contribution in [0.25, 0.3) is 5.57 Å². The summed E-state index contributed by atoms with van der Waals surface area (Å²) in [6.07, 6.45) is 8.31. The molecule has 0 saturated heterocycles. The first-order valence-corrected chi connectivity index (χ1v) is 11.7. The summed E-state index contributed by atoms with van der Waals surface area (Å²) in [5.41, 5.74) is 1.86. The monoisotopic (exact) mass is 484 g/mol. The molecule has 3 amide bonds. The molecule has 0 bridgehead atoms. The number of para-hydroxylation sites is 1. The fraction of sp³-hybridized carbons (Fsp3) is 0.360. The van der Waals surface area contributed by atoms with Crippen LogP contribution in [0.4, 0.5) is 16.2 Å². The van der Waals surface area contributed by atoms with Gasteiger partial charge < -0.3 is 10.4 Å². The molecule has 2 aromatic carbocycles. The van der Waals surface area contributed by atoms with Gasteiger partial charge in [0.2, 0.25) is 0 Å². The van der Waals surface area contributed by atoms with E-state index >= 15 is 0 Å². The molecule has 6 heteroatoms. The van der Waals surface area contributed by atoms with Crippen LogP contribution in [0.5, 0.6) is 0 Å². The number of imide groups is 1. The van der Waals surface area contributed by atoms with Crippen molar-refractivity contribution in [3.05, 3.63) is 64.3 Å².